The van der Waals surface area contributed by atoms with E-state index in [0.717, 1.165) is 72.4 Å². The number of nitrogens with zero attached hydrogens (tertiary/aromatic N) is 2. The van der Waals surface area contributed by atoms with Gasteiger partial charge in [-0.3, -0.25) is 48.7 Å². The first kappa shape index (κ1) is 88.3. The van der Waals surface area contributed by atoms with Gasteiger partial charge >= 0.3 is 5.97 Å². The van der Waals surface area contributed by atoms with Crippen LogP contribution in [0.15, 0.2) is 103 Å². The first-order chi connectivity index (χ1) is 56.7. The number of nitrogens with one attached hydrogen (secondary N) is 9. The van der Waals surface area contributed by atoms with Gasteiger partial charge in [-0.15, -0.1) is 11.3 Å². The van der Waals surface area contributed by atoms with Crippen molar-refractivity contribution < 1.29 is 123 Å². The summed E-state index contributed by atoms with van der Waals surface area (Å²) in [7, 11) is 1.47. The standard InChI is InChI=1S/C80H90Cl2N12O25S/c1-31(2)15-44(84-8)70(106)92-60-62(100)35-10-13-48(42(81)18-35)115-50-20-37-21-51(66(50)119-77-67(65(103)64(102)52(29-95)117-77)118-55-25-80(7,68(104)32(3)114-55)86-27-33-16-38(28-85-26-33)69(105)94-78-88-53(30-120-78)79(4,5)6)116-49-14-11-36(19-43(49)82)63(101)61-75(111)91-59(76(112)113)41-22-39(96)23-47(98)56(41)40-17-34(9-12-46(40)97)57(72(108)93-61)90-73(109)58(37)89-71(107)45(24-54(83)99)87-74(60)110/h9-14,16-23,26,28,30-32,44-45,52,55,57-65,67-68,77,84,86,95-98,100-104H,15,24-25,27,29H2,1-8H3,(H2,83,99)(H,87,110)(H,89,107)(H,90,109)(H,91,111)(H,92,106)(H,93,108)(H,112,113)(H,88,94,105)/t32?,44-,45-,52-,55-,57-,58?,59+,60+,61+,62+,63+,64+,65+,67+,68-,77?,80?/m0/s1. The van der Waals surface area contributed by atoms with Gasteiger partial charge < -0.3 is 128 Å². The van der Waals surface area contributed by atoms with E-state index in [-0.39, 0.29) is 63.7 Å². The number of phenolic OH excluding ortho intramolecular Hbond substituents is 3. The lowest BCUT2D eigenvalue weighted by atomic mass is 9.84. The average molecular weight is 1720 g/mol. The average Bonchev–Trinajstić information content (AvgIpc) is 0.789. The van der Waals surface area contributed by atoms with Gasteiger partial charge in [0.1, 0.15) is 89.5 Å². The van der Waals surface area contributed by atoms with Crippen molar-refractivity contribution in [2.24, 2.45) is 11.7 Å². The maximum absolute atomic E-state index is 16.2. The topological polar surface area (TPSA) is 571 Å². The number of pyridine rings is 1. The molecule has 640 valence electrons. The Hall–Kier alpha value is -10.9. The van der Waals surface area contributed by atoms with Crippen molar-refractivity contribution in [3.8, 4) is 57.1 Å². The number of aliphatic hydroxyl groups excluding tert-OH is 6. The van der Waals surface area contributed by atoms with Gasteiger partial charge in [0.05, 0.1) is 52.6 Å². The molecule has 37 nitrogen and oxygen atoms in total. The number of halogens is 2. The lowest BCUT2D eigenvalue weighted by Crippen LogP contribution is -2.65. The number of fused-ring (bicyclic) bond motifs is 15. The molecule has 7 aliphatic rings. The van der Waals surface area contributed by atoms with Crippen LogP contribution in [0.1, 0.15) is 147 Å². The van der Waals surface area contributed by atoms with Gasteiger partial charge in [0, 0.05) is 64.4 Å². The van der Waals surface area contributed by atoms with Crippen LogP contribution in [0.2, 0.25) is 10.0 Å². The number of carbonyl (C=O) groups is 9. The number of rotatable bonds is 18. The van der Waals surface area contributed by atoms with Crippen LogP contribution in [-0.4, -0.2) is 207 Å². The number of carboxylic acid groups (broad SMARTS) is 1. The van der Waals surface area contributed by atoms with Crippen LogP contribution in [0.3, 0.4) is 0 Å². The number of thiazole rings is 1. The number of carboxylic acids is 1. The van der Waals surface area contributed by atoms with Gasteiger partial charge in [-0.05, 0) is 122 Å². The molecule has 11 bridgehead atoms. The van der Waals surface area contributed by atoms with E-state index in [2.05, 4.69) is 57.8 Å². The monoisotopic (exact) mass is 1720 g/mol. The number of aliphatic carboxylic acids is 1. The SMILES string of the molecule is CN[C@@H](CC(C)C)C(=O)N[C@H]1C(=O)N[C@@H](CC(N)=O)C(=O)NC2C(=O)N[C@@H]3C(=O)N[C@@H](C(=O)N[C@@H](C(=O)O)c4cc(O)cc(O)c4-c4cc3ccc4O)[C@H](O)c3ccc(c(Cl)c3)Oc3cc2cc(c3OC2O[C@@H](CO)[C@@H](O)[C@@H](O)[C@H]2O[C@H]2CC(C)(NCc3cncc(C(=O)Nc4nc(C(C)(C)C)cs4)c3)[C@@H](O)C(C)O2)Oc2ccc(cc2Cl)[C@H]1O. The zero-order valence-corrected chi connectivity index (χ0v) is 67.8. The zero-order valence-electron chi connectivity index (χ0n) is 65.5. The summed E-state index contributed by atoms with van der Waals surface area (Å²) in [4.78, 5) is 141. The van der Waals surface area contributed by atoms with Crippen molar-refractivity contribution >= 4 is 92.9 Å². The molecule has 2 aromatic heterocycles. The number of aromatic nitrogens is 2. The number of likely N-dealkylation sites (N-methyl/N-ethyl adjacent to an activating group) is 1. The molecule has 2 fully saturated rings. The molecule has 9 heterocycles. The van der Waals surface area contributed by atoms with Crippen LogP contribution < -0.4 is 67.8 Å². The Morgan fingerprint density at radius 3 is 2.00 bits per heavy atom. The highest BCUT2D eigenvalue weighted by molar-refractivity contribution is 7.14. The Kier molecular flexibility index (Phi) is 26.6. The first-order valence-corrected chi connectivity index (χ1v) is 39.5. The minimum absolute atomic E-state index is 0.0192. The molecule has 2 saturated heterocycles. The fraction of sp³-hybridized carbons (Fsp3) is 0.412. The molecule has 0 radical (unpaired) electrons. The number of amides is 8. The van der Waals surface area contributed by atoms with E-state index in [9.17, 15) is 79.8 Å². The quantitative estimate of drug-likeness (QED) is 0.0586. The molecule has 40 heteroatoms. The predicted molar refractivity (Wildman–Crippen MR) is 425 cm³/mol. The molecule has 120 heavy (non-hydrogen) atoms. The second kappa shape index (κ2) is 36.2. The molecule has 18 atom stereocenters. The van der Waals surface area contributed by atoms with Crippen molar-refractivity contribution in [3.63, 3.8) is 0 Å². The molecule has 14 rings (SSSR count). The molecule has 0 spiro atoms. The van der Waals surface area contributed by atoms with E-state index in [0.29, 0.717) is 10.7 Å². The molecule has 0 aliphatic carbocycles. The minimum Gasteiger partial charge on any atom is -0.508 e. The maximum Gasteiger partial charge on any atom is 0.330 e. The molecule has 4 unspecified atom stereocenters. The Morgan fingerprint density at radius 2 is 1.38 bits per heavy atom. The van der Waals surface area contributed by atoms with E-state index in [1.54, 1.807) is 13.0 Å². The summed E-state index contributed by atoms with van der Waals surface area (Å²) in [6, 6.07) is 0.683. The summed E-state index contributed by atoms with van der Waals surface area (Å²) in [5.74, 6) is -16.8. The highest BCUT2D eigenvalue weighted by Crippen LogP contribution is 2.50. The Morgan fingerprint density at radius 1 is 0.742 bits per heavy atom. The lowest BCUT2D eigenvalue weighted by Gasteiger charge is -2.48. The molecular weight excluding hydrogens is 1630 g/mol. The number of anilines is 1. The number of ether oxygens (including phenoxy) is 6. The number of aliphatic hydroxyl groups is 6. The highest BCUT2D eigenvalue weighted by Gasteiger charge is 2.52. The predicted octanol–water partition coefficient (Wildman–Crippen LogP) is 3.34. The van der Waals surface area contributed by atoms with Crippen molar-refractivity contribution in [3.05, 3.63) is 157 Å². The van der Waals surface area contributed by atoms with E-state index < -0.39 is 243 Å². The van der Waals surface area contributed by atoms with Gasteiger partial charge in [-0.25, -0.2) is 9.78 Å². The summed E-state index contributed by atoms with van der Waals surface area (Å²) in [6.45, 7) is 11.7. The first-order valence-electron chi connectivity index (χ1n) is 37.8. The third-order valence-electron chi connectivity index (χ3n) is 21.0. The zero-order chi connectivity index (χ0) is 87.0. The molecule has 21 N–H and O–H groups in total. The molecule has 7 aliphatic heterocycles. The Balaban J connectivity index is 1.02. The summed E-state index contributed by atoms with van der Waals surface area (Å²) in [5, 5.41) is 142. The van der Waals surface area contributed by atoms with E-state index >= 15 is 14.4 Å². The van der Waals surface area contributed by atoms with Crippen LogP contribution in [0.4, 0.5) is 5.13 Å². The second-order valence-electron chi connectivity index (χ2n) is 31.3. The number of carbonyl (C=O) groups excluding carboxylic acids is 8. The normalized spacial score (nSPS) is 26.7. The molecule has 0 saturated carbocycles. The third-order valence-corrected chi connectivity index (χ3v) is 22.3. The van der Waals surface area contributed by atoms with Gasteiger partial charge in [-0.1, -0.05) is 76.0 Å². The number of benzene rings is 5. The van der Waals surface area contributed by atoms with E-state index in [1.165, 1.54) is 49.8 Å². The number of phenols is 3. The lowest BCUT2D eigenvalue weighted by molar-refractivity contribution is -0.334. The van der Waals surface area contributed by atoms with Crippen molar-refractivity contribution in [1.82, 2.24) is 52.5 Å². The second-order valence-corrected chi connectivity index (χ2v) is 33.0. The summed E-state index contributed by atoms with van der Waals surface area (Å²) in [6.07, 6.45) is -16.4. The number of aromatic hydroxyl groups is 3. The molecular formula is C80H90Cl2N12O25S. The fourth-order valence-electron chi connectivity index (χ4n) is 14.5. The van der Waals surface area contributed by atoms with Gasteiger partial charge in [0.15, 0.2) is 35.1 Å². The van der Waals surface area contributed by atoms with Gasteiger partial charge in [0.2, 0.25) is 53.4 Å². The summed E-state index contributed by atoms with van der Waals surface area (Å²) < 4.78 is 39.4. The van der Waals surface area contributed by atoms with Gasteiger partial charge in [0.25, 0.3) is 5.91 Å². The van der Waals surface area contributed by atoms with Crippen LogP contribution in [0, 0.1) is 5.92 Å². The Labute approximate surface area is 698 Å². The van der Waals surface area contributed by atoms with Crippen molar-refractivity contribution in [1.29, 1.82) is 0 Å². The van der Waals surface area contributed by atoms with Crippen LogP contribution in [0.5, 0.6) is 46.0 Å². The fourth-order valence-corrected chi connectivity index (χ4v) is 15.9. The molecule has 5 aromatic carbocycles. The Bertz CT molecular complexity index is 5130. The van der Waals surface area contributed by atoms with E-state index in [1.807, 2.05) is 40.0 Å². The van der Waals surface area contributed by atoms with E-state index in [4.69, 9.17) is 57.4 Å². The van der Waals surface area contributed by atoms with Crippen LogP contribution in [-0.2, 0) is 64.5 Å². The largest absolute Gasteiger partial charge is 0.508 e. The summed E-state index contributed by atoms with van der Waals surface area (Å²) in [5.41, 5.74) is 2.64. The summed E-state index contributed by atoms with van der Waals surface area (Å²) >= 11 is 15.6. The number of hydrogen-bond acceptors (Lipinski definition) is 29. The number of hydrogen-bond donors (Lipinski definition) is 20. The smallest absolute Gasteiger partial charge is 0.330 e. The number of primary amides is 1. The maximum atomic E-state index is 16.2. The molecule has 8 amide bonds. The third kappa shape index (κ3) is 19.3. The molecule has 7 aromatic rings. The number of nitrogens with two attached hydrogens (primary N) is 1. The van der Waals surface area contributed by atoms with Crippen LogP contribution >= 0.6 is 34.5 Å². The highest BCUT2D eigenvalue weighted by atomic mass is 35.5. The van der Waals surface area contributed by atoms with Gasteiger partial charge in [-0.2, -0.15) is 0 Å². The minimum atomic E-state index is -2.38. The van der Waals surface area contributed by atoms with Crippen molar-refractivity contribution in [2.45, 2.75) is 189 Å². The van der Waals surface area contributed by atoms with Crippen LogP contribution in [0.25, 0.3) is 11.1 Å². The van der Waals surface area contributed by atoms with Crippen molar-refractivity contribution in [2.75, 3.05) is 19.0 Å².